The van der Waals surface area contributed by atoms with Crippen LogP contribution in [-0.4, -0.2) is 29.2 Å². The number of amides is 2. The maximum Gasteiger partial charge on any atom is 1.00 e. The SMILES string of the molecule is O=C([O-])CCCCCN1C(=O)c2ccc(Br)cc2C1=O.[Li+]. The summed E-state index contributed by atoms with van der Waals surface area (Å²) in [7, 11) is 0. The van der Waals surface area contributed by atoms with Gasteiger partial charge < -0.3 is 9.90 Å². The second-order valence-corrected chi connectivity index (χ2v) is 5.55. The van der Waals surface area contributed by atoms with Crippen LogP contribution in [0.5, 0.6) is 0 Å². The number of benzene rings is 1. The molecule has 1 aromatic carbocycles. The van der Waals surface area contributed by atoms with Crippen LogP contribution in [0.2, 0.25) is 0 Å². The number of hydrogen-bond acceptors (Lipinski definition) is 4. The average Bonchev–Trinajstić information content (AvgIpc) is 2.62. The van der Waals surface area contributed by atoms with Crippen molar-refractivity contribution in [1.29, 1.82) is 0 Å². The Kier molecular flexibility index (Phi) is 6.66. The second-order valence-electron chi connectivity index (χ2n) is 4.63. The summed E-state index contributed by atoms with van der Waals surface area (Å²) < 4.78 is 0.758. The van der Waals surface area contributed by atoms with Gasteiger partial charge in [0.05, 0.1) is 11.1 Å². The fourth-order valence-corrected chi connectivity index (χ4v) is 2.54. The minimum atomic E-state index is -1.07. The van der Waals surface area contributed by atoms with Crippen molar-refractivity contribution >= 4 is 33.7 Å². The normalized spacial score (nSPS) is 13.1. The molecule has 0 saturated heterocycles. The largest absolute Gasteiger partial charge is 1.00 e. The number of imide groups is 1. The van der Waals surface area contributed by atoms with Gasteiger partial charge in [0.25, 0.3) is 11.8 Å². The van der Waals surface area contributed by atoms with E-state index in [1.165, 1.54) is 4.90 Å². The van der Waals surface area contributed by atoms with Crippen LogP contribution in [0, 0.1) is 0 Å². The zero-order chi connectivity index (χ0) is 14.7. The predicted octanol–water partition coefficient (Wildman–Crippen LogP) is -1.64. The van der Waals surface area contributed by atoms with Gasteiger partial charge in [-0.05, 0) is 37.5 Å². The Morgan fingerprint density at radius 3 is 2.43 bits per heavy atom. The Labute approximate surface area is 143 Å². The number of carboxylic acids is 1. The number of fused-ring (bicyclic) bond motifs is 1. The molecule has 0 bridgehead atoms. The number of carbonyl (C=O) groups is 3. The van der Waals surface area contributed by atoms with Crippen molar-refractivity contribution in [3.63, 3.8) is 0 Å². The van der Waals surface area contributed by atoms with Crippen LogP contribution in [0.3, 0.4) is 0 Å². The zero-order valence-electron chi connectivity index (χ0n) is 11.7. The Hall–Kier alpha value is -1.09. The van der Waals surface area contributed by atoms with Gasteiger partial charge in [-0.25, -0.2) is 0 Å². The number of carboxylic acid groups (broad SMARTS) is 1. The number of unbranched alkanes of at least 4 members (excludes halogenated alkanes) is 2. The monoisotopic (exact) mass is 345 g/mol. The van der Waals surface area contributed by atoms with Crippen molar-refractivity contribution < 1.29 is 38.4 Å². The summed E-state index contributed by atoms with van der Waals surface area (Å²) in [4.78, 5) is 35.7. The maximum absolute atomic E-state index is 12.1. The zero-order valence-corrected chi connectivity index (χ0v) is 13.3. The van der Waals surface area contributed by atoms with Crippen LogP contribution in [0.1, 0.15) is 46.4 Å². The van der Waals surface area contributed by atoms with Crippen LogP contribution in [0.15, 0.2) is 22.7 Å². The van der Waals surface area contributed by atoms with Gasteiger partial charge in [-0.15, -0.1) is 0 Å². The van der Waals surface area contributed by atoms with E-state index in [0.29, 0.717) is 36.9 Å². The van der Waals surface area contributed by atoms with Crippen LogP contribution in [0.4, 0.5) is 0 Å². The molecule has 0 fully saturated rings. The third-order valence-electron chi connectivity index (χ3n) is 3.20. The second kappa shape index (κ2) is 7.78. The predicted molar refractivity (Wildman–Crippen MR) is 73.0 cm³/mol. The van der Waals surface area contributed by atoms with Crippen LogP contribution in [0.25, 0.3) is 0 Å². The molecule has 0 unspecified atom stereocenters. The summed E-state index contributed by atoms with van der Waals surface area (Å²) >= 11 is 3.28. The van der Waals surface area contributed by atoms with Crippen molar-refractivity contribution in [2.24, 2.45) is 0 Å². The van der Waals surface area contributed by atoms with Crippen molar-refractivity contribution in [1.82, 2.24) is 4.90 Å². The minimum Gasteiger partial charge on any atom is -0.550 e. The topological polar surface area (TPSA) is 77.5 Å². The van der Waals surface area contributed by atoms with E-state index in [-0.39, 0.29) is 37.1 Å². The van der Waals surface area contributed by atoms with Gasteiger partial charge in [-0.1, -0.05) is 22.4 Å². The fraction of sp³-hybridized carbons (Fsp3) is 0.357. The van der Waals surface area contributed by atoms with Crippen LogP contribution < -0.4 is 24.0 Å². The quantitative estimate of drug-likeness (QED) is 0.352. The molecule has 0 aliphatic carbocycles. The number of rotatable bonds is 6. The molecule has 7 heteroatoms. The van der Waals surface area contributed by atoms with E-state index in [1.807, 2.05) is 0 Å². The molecule has 106 valence electrons. The minimum absolute atomic E-state index is 0. The summed E-state index contributed by atoms with van der Waals surface area (Å²) in [5.74, 6) is -1.64. The Morgan fingerprint density at radius 1 is 1.10 bits per heavy atom. The maximum atomic E-state index is 12.1. The third-order valence-corrected chi connectivity index (χ3v) is 3.69. The van der Waals surface area contributed by atoms with E-state index in [9.17, 15) is 19.5 Å². The molecule has 0 saturated carbocycles. The van der Waals surface area contributed by atoms with E-state index in [1.54, 1.807) is 18.2 Å². The molecule has 2 rings (SSSR count). The van der Waals surface area contributed by atoms with Gasteiger partial charge in [0.15, 0.2) is 0 Å². The van der Waals surface area contributed by atoms with E-state index in [2.05, 4.69) is 15.9 Å². The number of hydrogen-bond donors (Lipinski definition) is 0. The number of nitrogens with zero attached hydrogens (tertiary/aromatic N) is 1. The molecule has 1 heterocycles. The van der Waals surface area contributed by atoms with Crippen molar-refractivity contribution in [3.8, 4) is 0 Å². The molecule has 1 aliphatic rings. The summed E-state index contributed by atoms with van der Waals surface area (Å²) in [6.07, 6.45) is 1.75. The third kappa shape index (κ3) is 4.19. The molecule has 5 nitrogen and oxygen atoms in total. The van der Waals surface area contributed by atoms with Crippen LogP contribution >= 0.6 is 15.9 Å². The Bertz CT molecular complexity index is 576. The van der Waals surface area contributed by atoms with Gasteiger partial charge >= 0.3 is 18.9 Å². The van der Waals surface area contributed by atoms with Crippen molar-refractivity contribution in [2.45, 2.75) is 25.7 Å². The van der Waals surface area contributed by atoms with Gasteiger partial charge in [0.1, 0.15) is 0 Å². The standard InChI is InChI=1S/C14H14BrNO4.Li/c15-9-5-6-10-11(8-9)14(20)16(13(10)19)7-3-1-2-4-12(17)18;/h5-6,8H,1-4,7H2,(H,17,18);/q;+1/p-1. The van der Waals surface area contributed by atoms with Crippen molar-refractivity contribution in [2.75, 3.05) is 6.54 Å². The number of aliphatic carboxylic acids is 1. The van der Waals surface area contributed by atoms with Gasteiger partial charge in [-0.3, -0.25) is 14.5 Å². The number of halogens is 1. The summed E-state index contributed by atoms with van der Waals surface area (Å²) in [5, 5.41) is 10.3. The molecule has 21 heavy (non-hydrogen) atoms. The molecule has 0 aromatic heterocycles. The van der Waals surface area contributed by atoms with Gasteiger partial charge in [-0.2, -0.15) is 0 Å². The molecule has 0 atom stereocenters. The summed E-state index contributed by atoms with van der Waals surface area (Å²) in [6.45, 7) is 0.316. The molecular formula is C14H13BrLiNO4. The van der Waals surface area contributed by atoms with Gasteiger partial charge in [0, 0.05) is 17.0 Å². The van der Waals surface area contributed by atoms with E-state index in [0.717, 1.165) is 4.47 Å². The average molecular weight is 346 g/mol. The molecular weight excluding hydrogens is 333 g/mol. The molecule has 0 spiro atoms. The molecule has 0 N–H and O–H groups in total. The van der Waals surface area contributed by atoms with E-state index in [4.69, 9.17) is 0 Å². The Morgan fingerprint density at radius 2 is 1.76 bits per heavy atom. The molecule has 1 aromatic rings. The summed E-state index contributed by atoms with van der Waals surface area (Å²) in [6, 6.07) is 5.01. The molecule has 0 radical (unpaired) electrons. The van der Waals surface area contributed by atoms with Crippen LogP contribution in [-0.2, 0) is 4.79 Å². The van der Waals surface area contributed by atoms with Gasteiger partial charge in [0.2, 0.25) is 0 Å². The molecule has 2 amide bonds. The van der Waals surface area contributed by atoms with E-state index >= 15 is 0 Å². The van der Waals surface area contributed by atoms with Crippen molar-refractivity contribution in [3.05, 3.63) is 33.8 Å². The smallest absolute Gasteiger partial charge is 0.550 e. The first kappa shape index (κ1) is 18.0. The first-order valence-electron chi connectivity index (χ1n) is 6.36. The summed E-state index contributed by atoms with van der Waals surface area (Å²) in [5.41, 5.74) is 0.840. The van der Waals surface area contributed by atoms with E-state index < -0.39 is 5.97 Å². The number of carbonyl (C=O) groups excluding carboxylic acids is 3. The first-order valence-corrected chi connectivity index (χ1v) is 7.15. The fourth-order valence-electron chi connectivity index (χ4n) is 2.18. The Balaban J connectivity index is 0.00000220. The first-order chi connectivity index (χ1) is 9.50. The molecule has 1 aliphatic heterocycles.